The quantitative estimate of drug-likeness (QED) is 0.930. The normalized spacial score (nSPS) is 14.9. The molecule has 0 radical (unpaired) electrons. The van der Waals surface area contributed by atoms with Crippen LogP contribution in [-0.4, -0.2) is 28.1 Å². The molecule has 2 aromatic rings. The van der Waals surface area contributed by atoms with E-state index in [4.69, 9.17) is 4.74 Å². The topological polar surface area (TPSA) is 52.0 Å². The second-order valence-electron chi connectivity index (χ2n) is 4.85. The molecule has 2 heterocycles. The Bertz CT molecular complexity index is 606. The lowest BCUT2D eigenvalue weighted by Gasteiger charge is -2.19. The molecule has 3 rings (SSSR count). The molecule has 0 aliphatic carbocycles. The fourth-order valence-corrected chi connectivity index (χ4v) is 3.16. The standard InChI is InChI=1S/C14H17BrN4O/c1-3-16-12(13-14(15)17-18-19(13)2)10-4-5-11-9(8-10)6-7-20-11/h4-5,8,12,16H,3,6-7H2,1-2H3. The van der Waals surface area contributed by atoms with Gasteiger partial charge < -0.3 is 10.1 Å². The Morgan fingerprint density at radius 3 is 3.05 bits per heavy atom. The highest BCUT2D eigenvalue weighted by atomic mass is 79.9. The Morgan fingerprint density at radius 1 is 1.50 bits per heavy atom. The Labute approximate surface area is 126 Å². The summed E-state index contributed by atoms with van der Waals surface area (Å²) in [5.41, 5.74) is 3.52. The zero-order valence-electron chi connectivity index (χ0n) is 11.6. The van der Waals surface area contributed by atoms with Gasteiger partial charge in [-0.05, 0) is 39.7 Å². The van der Waals surface area contributed by atoms with E-state index in [0.29, 0.717) is 0 Å². The fourth-order valence-electron chi connectivity index (χ4n) is 2.61. The molecule has 0 saturated heterocycles. The van der Waals surface area contributed by atoms with Gasteiger partial charge in [-0.1, -0.05) is 24.3 Å². The molecule has 20 heavy (non-hydrogen) atoms. The molecule has 1 aromatic heterocycles. The summed E-state index contributed by atoms with van der Waals surface area (Å²) in [5.74, 6) is 1.01. The maximum Gasteiger partial charge on any atom is 0.153 e. The Balaban J connectivity index is 2.03. The summed E-state index contributed by atoms with van der Waals surface area (Å²) >= 11 is 3.49. The number of aryl methyl sites for hydroxylation is 1. The van der Waals surface area contributed by atoms with Crippen molar-refractivity contribution in [3.8, 4) is 5.75 Å². The number of rotatable bonds is 4. The van der Waals surface area contributed by atoms with E-state index in [0.717, 1.165) is 35.6 Å². The van der Waals surface area contributed by atoms with Crippen LogP contribution in [-0.2, 0) is 13.5 Å². The van der Waals surface area contributed by atoms with Crippen LogP contribution in [0.4, 0.5) is 0 Å². The summed E-state index contributed by atoms with van der Waals surface area (Å²) in [6.45, 7) is 3.75. The third kappa shape index (κ3) is 2.33. The van der Waals surface area contributed by atoms with Gasteiger partial charge in [0.15, 0.2) is 4.60 Å². The molecule has 0 bridgehead atoms. The van der Waals surface area contributed by atoms with Crippen LogP contribution >= 0.6 is 15.9 Å². The van der Waals surface area contributed by atoms with E-state index >= 15 is 0 Å². The van der Waals surface area contributed by atoms with Crippen molar-refractivity contribution < 1.29 is 4.74 Å². The molecular weight excluding hydrogens is 320 g/mol. The lowest BCUT2D eigenvalue weighted by Crippen LogP contribution is -2.24. The molecule has 1 aliphatic rings. The molecule has 1 atom stereocenters. The lowest BCUT2D eigenvalue weighted by molar-refractivity contribution is 0.357. The minimum absolute atomic E-state index is 0.0697. The van der Waals surface area contributed by atoms with Gasteiger partial charge in [-0.3, -0.25) is 0 Å². The second-order valence-corrected chi connectivity index (χ2v) is 5.60. The maximum absolute atomic E-state index is 5.57. The van der Waals surface area contributed by atoms with Crippen molar-refractivity contribution in [1.29, 1.82) is 0 Å². The zero-order valence-corrected chi connectivity index (χ0v) is 13.1. The van der Waals surface area contributed by atoms with Gasteiger partial charge in [-0.15, -0.1) is 5.10 Å². The number of hydrogen-bond acceptors (Lipinski definition) is 4. The highest BCUT2D eigenvalue weighted by Crippen LogP contribution is 2.32. The molecule has 1 aromatic carbocycles. The van der Waals surface area contributed by atoms with Crippen LogP contribution in [0, 0.1) is 0 Å². The van der Waals surface area contributed by atoms with Crippen LogP contribution in [0.15, 0.2) is 22.8 Å². The number of aromatic nitrogens is 3. The molecule has 0 saturated carbocycles. The number of benzene rings is 1. The number of fused-ring (bicyclic) bond motifs is 1. The first-order valence-electron chi connectivity index (χ1n) is 6.74. The minimum atomic E-state index is 0.0697. The van der Waals surface area contributed by atoms with Crippen LogP contribution < -0.4 is 10.1 Å². The average molecular weight is 337 g/mol. The summed E-state index contributed by atoms with van der Waals surface area (Å²) < 4.78 is 8.16. The van der Waals surface area contributed by atoms with Gasteiger partial charge in [-0.25, -0.2) is 4.68 Å². The third-order valence-corrected chi connectivity index (χ3v) is 4.12. The molecule has 106 valence electrons. The molecule has 1 N–H and O–H groups in total. The van der Waals surface area contributed by atoms with Gasteiger partial charge in [0.05, 0.1) is 18.3 Å². The minimum Gasteiger partial charge on any atom is -0.493 e. The molecule has 6 heteroatoms. The number of nitrogens with zero attached hydrogens (tertiary/aromatic N) is 3. The molecule has 5 nitrogen and oxygen atoms in total. The van der Waals surface area contributed by atoms with Crippen molar-refractivity contribution in [2.75, 3.05) is 13.2 Å². The third-order valence-electron chi connectivity index (χ3n) is 3.56. The summed E-state index contributed by atoms with van der Waals surface area (Å²) in [4.78, 5) is 0. The Morgan fingerprint density at radius 2 is 2.35 bits per heavy atom. The van der Waals surface area contributed by atoms with Gasteiger partial charge >= 0.3 is 0 Å². The summed E-state index contributed by atoms with van der Waals surface area (Å²) in [6.07, 6.45) is 0.979. The number of nitrogens with one attached hydrogen (secondary N) is 1. The van der Waals surface area contributed by atoms with Gasteiger partial charge in [0.25, 0.3) is 0 Å². The van der Waals surface area contributed by atoms with E-state index in [9.17, 15) is 0 Å². The van der Waals surface area contributed by atoms with E-state index in [1.807, 2.05) is 7.05 Å². The maximum atomic E-state index is 5.57. The molecule has 0 spiro atoms. The van der Waals surface area contributed by atoms with Crippen LogP contribution in [0.1, 0.15) is 29.8 Å². The van der Waals surface area contributed by atoms with Crippen LogP contribution in [0.2, 0.25) is 0 Å². The van der Waals surface area contributed by atoms with E-state index in [2.05, 4.69) is 56.7 Å². The molecule has 1 unspecified atom stereocenters. The van der Waals surface area contributed by atoms with Crippen molar-refractivity contribution in [3.63, 3.8) is 0 Å². The first-order valence-corrected chi connectivity index (χ1v) is 7.54. The molecule has 1 aliphatic heterocycles. The number of ether oxygens (including phenoxy) is 1. The molecular formula is C14H17BrN4O. The SMILES string of the molecule is CCNC(c1ccc2c(c1)CCO2)c1c(Br)nnn1C. The van der Waals surface area contributed by atoms with Crippen LogP contribution in [0.3, 0.4) is 0 Å². The summed E-state index contributed by atoms with van der Waals surface area (Å²) in [5, 5.41) is 11.7. The molecule has 0 fully saturated rings. The van der Waals surface area contributed by atoms with E-state index in [1.54, 1.807) is 4.68 Å². The van der Waals surface area contributed by atoms with Crippen LogP contribution in [0.25, 0.3) is 0 Å². The first kappa shape index (κ1) is 13.6. The van der Waals surface area contributed by atoms with Gasteiger partial charge in [0.1, 0.15) is 5.75 Å². The van der Waals surface area contributed by atoms with Gasteiger partial charge in [-0.2, -0.15) is 0 Å². The van der Waals surface area contributed by atoms with E-state index in [-0.39, 0.29) is 6.04 Å². The predicted octanol–water partition coefficient (Wildman–Crippen LogP) is 2.21. The zero-order chi connectivity index (χ0) is 14.1. The fraction of sp³-hybridized carbons (Fsp3) is 0.429. The highest BCUT2D eigenvalue weighted by molar-refractivity contribution is 9.10. The summed E-state index contributed by atoms with van der Waals surface area (Å²) in [7, 11) is 1.91. The molecule has 0 amide bonds. The lowest BCUT2D eigenvalue weighted by atomic mass is 10.0. The van der Waals surface area contributed by atoms with E-state index < -0.39 is 0 Å². The van der Waals surface area contributed by atoms with Crippen molar-refractivity contribution in [3.05, 3.63) is 39.6 Å². The van der Waals surface area contributed by atoms with Crippen LogP contribution in [0.5, 0.6) is 5.75 Å². The summed E-state index contributed by atoms with van der Waals surface area (Å²) in [6, 6.07) is 6.45. The average Bonchev–Trinajstić information content (AvgIpc) is 3.03. The van der Waals surface area contributed by atoms with Crippen molar-refractivity contribution in [2.45, 2.75) is 19.4 Å². The number of hydrogen-bond donors (Lipinski definition) is 1. The Hall–Kier alpha value is -1.40. The number of halogens is 1. The van der Waals surface area contributed by atoms with Crippen molar-refractivity contribution >= 4 is 15.9 Å². The smallest absolute Gasteiger partial charge is 0.153 e. The largest absolute Gasteiger partial charge is 0.493 e. The Kier molecular flexibility index (Phi) is 3.76. The predicted molar refractivity (Wildman–Crippen MR) is 79.9 cm³/mol. The second kappa shape index (κ2) is 5.54. The van der Waals surface area contributed by atoms with Crippen molar-refractivity contribution in [1.82, 2.24) is 20.3 Å². The monoisotopic (exact) mass is 336 g/mol. The van der Waals surface area contributed by atoms with Gasteiger partial charge in [0, 0.05) is 13.5 Å². The van der Waals surface area contributed by atoms with Crippen molar-refractivity contribution in [2.24, 2.45) is 7.05 Å². The highest BCUT2D eigenvalue weighted by Gasteiger charge is 2.23. The first-order chi connectivity index (χ1) is 9.70. The van der Waals surface area contributed by atoms with Gasteiger partial charge in [0.2, 0.25) is 0 Å². The van der Waals surface area contributed by atoms with E-state index in [1.165, 1.54) is 11.1 Å².